The predicted octanol–water partition coefficient (Wildman–Crippen LogP) is 0.543. The Bertz CT molecular complexity index is 434. The first-order valence-corrected chi connectivity index (χ1v) is 4.09. The number of hydrogen-bond acceptors (Lipinski definition) is 5. The van der Waals surface area contributed by atoms with Gasteiger partial charge in [-0.3, -0.25) is 0 Å². The van der Waals surface area contributed by atoms with Gasteiger partial charge in [0.15, 0.2) is 0 Å². The molecule has 0 atom stereocenters. The number of methoxy groups -OCH3 is 1. The molecule has 2 N–H and O–H groups in total. The number of esters is 1. The van der Waals surface area contributed by atoms with Crippen molar-refractivity contribution >= 4 is 5.97 Å². The molecular weight excluding hydrogens is 198 g/mol. The molecule has 5 nitrogen and oxygen atoms in total. The number of benzene rings is 1. The van der Waals surface area contributed by atoms with E-state index in [9.17, 15) is 9.90 Å². The van der Waals surface area contributed by atoms with Crippen LogP contribution in [0.15, 0.2) is 12.1 Å². The van der Waals surface area contributed by atoms with E-state index in [4.69, 9.17) is 10.4 Å². The minimum Gasteiger partial charge on any atom is -0.507 e. The number of carbonyl (C=O) groups excluding carboxylic acids is 1. The smallest absolute Gasteiger partial charge is 0.341 e. The summed E-state index contributed by atoms with van der Waals surface area (Å²) in [5.74, 6) is -1.04. The molecule has 0 amide bonds. The lowest BCUT2D eigenvalue weighted by molar-refractivity contribution is 0.0597. The summed E-state index contributed by atoms with van der Waals surface area (Å²) in [6.07, 6.45) is 0. The third-order valence-corrected chi connectivity index (χ3v) is 1.92. The summed E-state index contributed by atoms with van der Waals surface area (Å²) in [7, 11) is 1.17. The fourth-order valence-electron chi connectivity index (χ4n) is 1.14. The van der Waals surface area contributed by atoms with Crippen molar-refractivity contribution in [1.82, 2.24) is 0 Å². The van der Waals surface area contributed by atoms with Crippen LogP contribution in [-0.2, 0) is 11.3 Å². The van der Waals surface area contributed by atoms with E-state index >= 15 is 0 Å². The highest BCUT2D eigenvalue weighted by molar-refractivity contribution is 5.93. The second-order valence-electron chi connectivity index (χ2n) is 2.79. The molecule has 0 saturated carbocycles. The Morgan fingerprint density at radius 2 is 2.27 bits per heavy atom. The maximum atomic E-state index is 11.1. The SMILES string of the molecule is COC(=O)c1cc(C#N)c(CO)cc1O. The molecule has 0 aliphatic rings. The summed E-state index contributed by atoms with van der Waals surface area (Å²) < 4.78 is 4.42. The molecule has 15 heavy (non-hydrogen) atoms. The zero-order valence-electron chi connectivity index (χ0n) is 8.02. The van der Waals surface area contributed by atoms with Crippen LogP contribution in [0.3, 0.4) is 0 Å². The van der Waals surface area contributed by atoms with Crippen molar-refractivity contribution in [3.8, 4) is 11.8 Å². The van der Waals surface area contributed by atoms with Crippen LogP contribution in [0, 0.1) is 11.3 Å². The van der Waals surface area contributed by atoms with E-state index < -0.39 is 5.97 Å². The Kier molecular flexibility index (Phi) is 3.26. The highest BCUT2D eigenvalue weighted by Crippen LogP contribution is 2.23. The molecule has 0 fully saturated rings. The topological polar surface area (TPSA) is 90.6 Å². The molecule has 0 saturated heterocycles. The predicted molar refractivity (Wildman–Crippen MR) is 50.1 cm³/mol. The van der Waals surface area contributed by atoms with Crippen molar-refractivity contribution in [2.75, 3.05) is 7.11 Å². The van der Waals surface area contributed by atoms with Crippen molar-refractivity contribution in [2.24, 2.45) is 0 Å². The number of rotatable bonds is 2. The Morgan fingerprint density at radius 1 is 1.60 bits per heavy atom. The van der Waals surface area contributed by atoms with Gasteiger partial charge in [-0.15, -0.1) is 0 Å². The zero-order chi connectivity index (χ0) is 11.4. The minimum atomic E-state index is -0.728. The molecule has 0 aromatic heterocycles. The minimum absolute atomic E-state index is 0.0914. The molecule has 78 valence electrons. The lowest BCUT2D eigenvalue weighted by atomic mass is 10.0. The fraction of sp³-hybridized carbons (Fsp3) is 0.200. The van der Waals surface area contributed by atoms with Gasteiger partial charge in [0.2, 0.25) is 0 Å². The van der Waals surface area contributed by atoms with Crippen molar-refractivity contribution in [1.29, 1.82) is 5.26 Å². The molecule has 5 heteroatoms. The monoisotopic (exact) mass is 207 g/mol. The van der Waals surface area contributed by atoms with Crippen LogP contribution in [-0.4, -0.2) is 23.3 Å². The van der Waals surface area contributed by atoms with Crippen LogP contribution >= 0.6 is 0 Å². The molecule has 0 aliphatic heterocycles. The first-order valence-electron chi connectivity index (χ1n) is 4.09. The highest BCUT2D eigenvalue weighted by atomic mass is 16.5. The summed E-state index contributed by atoms with van der Waals surface area (Å²) in [6, 6.07) is 4.17. The first-order chi connectivity index (χ1) is 7.13. The second-order valence-corrected chi connectivity index (χ2v) is 2.79. The van der Waals surface area contributed by atoms with Crippen molar-refractivity contribution in [3.05, 3.63) is 28.8 Å². The Morgan fingerprint density at radius 3 is 2.73 bits per heavy atom. The summed E-state index contributed by atoms with van der Waals surface area (Å²) in [4.78, 5) is 11.1. The number of phenolic OH excluding ortho intramolecular Hbond substituents is 1. The third kappa shape index (κ3) is 2.06. The first kappa shape index (κ1) is 11.0. The Hall–Kier alpha value is -2.06. The number of aliphatic hydroxyl groups excluding tert-OH is 1. The number of aromatic hydroxyl groups is 1. The van der Waals surface area contributed by atoms with Crippen molar-refractivity contribution in [2.45, 2.75) is 6.61 Å². The van der Waals surface area contributed by atoms with Crippen LogP contribution in [0.1, 0.15) is 21.5 Å². The van der Waals surface area contributed by atoms with E-state index in [-0.39, 0.29) is 29.0 Å². The van der Waals surface area contributed by atoms with Gasteiger partial charge >= 0.3 is 5.97 Å². The quantitative estimate of drug-likeness (QED) is 0.691. The summed E-state index contributed by atoms with van der Waals surface area (Å²) in [6.45, 7) is -0.377. The molecule has 0 spiro atoms. The van der Waals surface area contributed by atoms with Crippen molar-refractivity contribution in [3.63, 3.8) is 0 Å². The molecule has 0 heterocycles. The standard InChI is InChI=1S/C10H9NO4/c1-15-10(14)8-2-6(4-11)7(5-12)3-9(8)13/h2-3,12-13H,5H2,1H3. The van der Waals surface area contributed by atoms with Gasteiger partial charge in [0.25, 0.3) is 0 Å². The zero-order valence-corrected chi connectivity index (χ0v) is 8.02. The molecule has 1 aromatic rings. The lowest BCUT2D eigenvalue weighted by Crippen LogP contribution is -2.03. The molecular formula is C10H9NO4. The average molecular weight is 207 g/mol. The number of ether oxygens (including phenoxy) is 1. The van der Waals surface area contributed by atoms with Crippen LogP contribution in [0.2, 0.25) is 0 Å². The summed E-state index contributed by atoms with van der Waals surface area (Å²) in [5, 5.41) is 27.0. The van der Waals surface area contributed by atoms with Crippen LogP contribution in [0.4, 0.5) is 0 Å². The van der Waals surface area contributed by atoms with Crippen LogP contribution in [0.5, 0.6) is 5.75 Å². The normalized spacial score (nSPS) is 9.40. The van der Waals surface area contributed by atoms with Crippen LogP contribution in [0.25, 0.3) is 0 Å². The lowest BCUT2D eigenvalue weighted by Gasteiger charge is -2.06. The second kappa shape index (κ2) is 4.44. The molecule has 0 unspecified atom stereocenters. The maximum absolute atomic E-state index is 11.1. The van der Waals surface area contributed by atoms with Gasteiger partial charge in [-0.1, -0.05) is 0 Å². The van der Waals surface area contributed by atoms with E-state index in [0.29, 0.717) is 0 Å². The number of hydrogen-bond donors (Lipinski definition) is 2. The molecule has 1 rings (SSSR count). The van der Waals surface area contributed by atoms with E-state index in [1.54, 1.807) is 0 Å². The van der Waals surface area contributed by atoms with Gasteiger partial charge in [0, 0.05) is 0 Å². The van der Waals surface area contributed by atoms with Gasteiger partial charge < -0.3 is 14.9 Å². The largest absolute Gasteiger partial charge is 0.507 e. The highest BCUT2D eigenvalue weighted by Gasteiger charge is 2.15. The molecule has 0 aliphatic carbocycles. The summed E-state index contributed by atoms with van der Waals surface area (Å²) in [5.41, 5.74) is 0.310. The van der Waals surface area contributed by atoms with Gasteiger partial charge in [-0.05, 0) is 17.7 Å². The average Bonchev–Trinajstić information content (AvgIpc) is 2.27. The van der Waals surface area contributed by atoms with E-state index in [1.807, 2.05) is 6.07 Å². The number of carbonyl (C=O) groups is 1. The van der Waals surface area contributed by atoms with Gasteiger partial charge in [-0.25, -0.2) is 4.79 Å². The van der Waals surface area contributed by atoms with E-state index in [1.165, 1.54) is 19.2 Å². The van der Waals surface area contributed by atoms with Crippen LogP contribution < -0.4 is 0 Å². The maximum Gasteiger partial charge on any atom is 0.341 e. The number of phenols is 1. The van der Waals surface area contributed by atoms with Crippen molar-refractivity contribution < 1.29 is 19.7 Å². The number of nitriles is 1. The molecule has 1 aromatic carbocycles. The Labute approximate surface area is 86.1 Å². The molecule has 0 radical (unpaired) electrons. The van der Waals surface area contributed by atoms with Gasteiger partial charge in [-0.2, -0.15) is 5.26 Å². The summed E-state index contributed by atoms with van der Waals surface area (Å²) >= 11 is 0. The van der Waals surface area contributed by atoms with E-state index in [0.717, 1.165) is 0 Å². The van der Waals surface area contributed by atoms with Gasteiger partial charge in [0.05, 0.1) is 25.3 Å². The van der Waals surface area contributed by atoms with Gasteiger partial charge in [0.1, 0.15) is 11.3 Å². The van der Waals surface area contributed by atoms with E-state index in [2.05, 4.69) is 4.74 Å². The molecule has 0 bridgehead atoms. The number of aliphatic hydroxyl groups is 1. The fourth-order valence-corrected chi connectivity index (χ4v) is 1.14. The third-order valence-electron chi connectivity index (χ3n) is 1.92. The Balaban J connectivity index is 3.33. The number of nitrogens with zero attached hydrogens (tertiary/aromatic N) is 1.